The van der Waals surface area contributed by atoms with Gasteiger partial charge in [0.15, 0.2) is 0 Å². The molecule has 0 radical (unpaired) electrons. The molecule has 39 heavy (non-hydrogen) atoms. The molecule has 0 spiro atoms. The molecule has 3 rings (SSSR count). The van der Waals surface area contributed by atoms with Gasteiger partial charge in [0.25, 0.3) is 0 Å². The Bertz CT molecular complexity index is 1200. The van der Waals surface area contributed by atoms with Crippen molar-refractivity contribution in [3.63, 3.8) is 0 Å². The molecule has 2 amide bonds. The highest BCUT2D eigenvalue weighted by Gasteiger charge is 2.32. The Labute approximate surface area is 229 Å². The summed E-state index contributed by atoms with van der Waals surface area (Å²) in [6.07, 6.45) is -3.47. The molecule has 5 N–H and O–H groups in total. The SMILES string of the molecule is CC(C)(C)OC(=O)N(C[C@@H](O)[C@H](Cc1ccccc1)NC(=O)OCc1ccccc1)C(N)c1cccc(O)c1. The van der Waals surface area contributed by atoms with Crippen LogP contribution in [0.2, 0.25) is 0 Å². The summed E-state index contributed by atoms with van der Waals surface area (Å²) in [6.45, 7) is 4.97. The lowest BCUT2D eigenvalue weighted by Gasteiger charge is -2.35. The van der Waals surface area contributed by atoms with Crippen molar-refractivity contribution in [3.8, 4) is 5.75 Å². The number of aliphatic hydroxyl groups excluding tert-OH is 1. The number of hydrogen-bond acceptors (Lipinski definition) is 7. The van der Waals surface area contributed by atoms with E-state index in [1.54, 1.807) is 32.9 Å². The smallest absolute Gasteiger partial charge is 0.411 e. The molecular weight excluding hydrogens is 498 g/mol. The summed E-state index contributed by atoms with van der Waals surface area (Å²) in [6, 6.07) is 24.0. The highest BCUT2D eigenvalue weighted by atomic mass is 16.6. The van der Waals surface area contributed by atoms with Crippen LogP contribution in [-0.2, 0) is 22.5 Å². The lowest BCUT2D eigenvalue weighted by Crippen LogP contribution is -2.53. The molecule has 0 saturated heterocycles. The van der Waals surface area contributed by atoms with Crippen molar-refractivity contribution in [3.05, 3.63) is 102 Å². The molecule has 3 aromatic carbocycles. The maximum absolute atomic E-state index is 13.2. The molecule has 0 bridgehead atoms. The number of nitrogens with two attached hydrogens (primary N) is 1. The van der Waals surface area contributed by atoms with Gasteiger partial charge >= 0.3 is 12.2 Å². The number of hydrogen-bond donors (Lipinski definition) is 4. The Morgan fingerprint density at radius 2 is 1.56 bits per heavy atom. The number of alkyl carbamates (subject to hydrolysis) is 1. The van der Waals surface area contributed by atoms with Crippen LogP contribution in [0, 0.1) is 0 Å². The first-order chi connectivity index (χ1) is 18.5. The number of amides is 2. The third-order valence-corrected chi connectivity index (χ3v) is 5.84. The number of phenolic OH excluding ortho intramolecular Hbond substituents is 1. The van der Waals surface area contributed by atoms with Crippen molar-refractivity contribution in [2.75, 3.05) is 6.54 Å². The number of ether oxygens (including phenoxy) is 2. The number of benzene rings is 3. The van der Waals surface area contributed by atoms with Crippen LogP contribution in [0.5, 0.6) is 5.75 Å². The van der Waals surface area contributed by atoms with Crippen molar-refractivity contribution in [2.24, 2.45) is 5.73 Å². The first kappa shape index (κ1) is 29.5. The van der Waals surface area contributed by atoms with E-state index < -0.39 is 36.1 Å². The average Bonchev–Trinajstić information content (AvgIpc) is 2.90. The Morgan fingerprint density at radius 1 is 0.949 bits per heavy atom. The fourth-order valence-electron chi connectivity index (χ4n) is 3.91. The predicted molar refractivity (Wildman–Crippen MR) is 148 cm³/mol. The zero-order valence-corrected chi connectivity index (χ0v) is 22.5. The van der Waals surface area contributed by atoms with E-state index in [1.807, 2.05) is 60.7 Å². The molecule has 0 fully saturated rings. The molecule has 208 valence electrons. The maximum Gasteiger partial charge on any atom is 0.411 e. The predicted octanol–water partition coefficient (Wildman–Crippen LogP) is 4.49. The molecule has 3 atom stereocenters. The Balaban J connectivity index is 1.81. The second-order valence-electron chi connectivity index (χ2n) is 10.2. The van der Waals surface area contributed by atoms with E-state index in [0.717, 1.165) is 11.1 Å². The normalized spacial score (nSPS) is 13.6. The van der Waals surface area contributed by atoms with Crippen molar-refractivity contribution >= 4 is 12.2 Å². The lowest BCUT2D eigenvalue weighted by atomic mass is 10.0. The summed E-state index contributed by atoms with van der Waals surface area (Å²) in [4.78, 5) is 27.1. The van der Waals surface area contributed by atoms with Crippen LogP contribution in [0.15, 0.2) is 84.9 Å². The van der Waals surface area contributed by atoms with Crippen molar-refractivity contribution in [2.45, 2.75) is 57.7 Å². The molecule has 1 unspecified atom stereocenters. The molecule has 9 heteroatoms. The molecule has 3 aromatic rings. The van der Waals surface area contributed by atoms with Gasteiger partial charge < -0.3 is 30.7 Å². The number of aromatic hydroxyl groups is 1. The average molecular weight is 536 g/mol. The third-order valence-electron chi connectivity index (χ3n) is 5.84. The van der Waals surface area contributed by atoms with Crippen molar-refractivity contribution < 1.29 is 29.3 Å². The topological polar surface area (TPSA) is 134 Å². The van der Waals surface area contributed by atoms with Crippen LogP contribution in [0.25, 0.3) is 0 Å². The van der Waals surface area contributed by atoms with Gasteiger partial charge in [-0.15, -0.1) is 0 Å². The number of nitrogens with one attached hydrogen (secondary N) is 1. The van der Waals surface area contributed by atoms with Gasteiger partial charge in [0.1, 0.15) is 24.1 Å². The minimum atomic E-state index is -1.25. The largest absolute Gasteiger partial charge is 0.508 e. The highest BCUT2D eigenvalue weighted by molar-refractivity contribution is 5.69. The van der Waals surface area contributed by atoms with E-state index >= 15 is 0 Å². The molecule has 0 aromatic heterocycles. The number of rotatable bonds is 10. The van der Waals surface area contributed by atoms with Gasteiger partial charge in [-0.3, -0.25) is 4.90 Å². The first-order valence-electron chi connectivity index (χ1n) is 12.7. The summed E-state index contributed by atoms with van der Waals surface area (Å²) in [5, 5.41) is 24.0. The standard InChI is InChI=1S/C30H37N3O6/c1-30(2,3)39-29(37)33(27(31)23-15-10-16-24(34)18-23)19-26(35)25(17-21-11-6-4-7-12-21)32-28(36)38-20-22-13-8-5-9-14-22/h4-16,18,25-27,34-35H,17,19-20,31H2,1-3H3,(H,32,36)/t25-,26+,27?/m0/s1. The second-order valence-corrected chi connectivity index (χ2v) is 10.2. The fourth-order valence-corrected chi connectivity index (χ4v) is 3.91. The maximum atomic E-state index is 13.2. The molecule has 0 heterocycles. The van der Waals surface area contributed by atoms with E-state index in [-0.39, 0.29) is 25.3 Å². The number of aliphatic hydroxyl groups is 1. The second kappa shape index (κ2) is 13.6. The molecule has 9 nitrogen and oxygen atoms in total. The minimum Gasteiger partial charge on any atom is -0.508 e. The summed E-state index contributed by atoms with van der Waals surface area (Å²) in [5.41, 5.74) is 7.75. The van der Waals surface area contributed by atoms with Crippen molar-refractivity contribution in [1.29, 1.82) is 0 Å². The summed E-state index contributed by atoms with van der Waals surface area (Å²) < 4.78 is 10.9. The molecule has 0 aliphatic rings. The van der Waals surface area contributed by atoms with Crippen LogP contribution in [0.1, 0.15) is 43.6 Å². The third kappa shape index (κ3) is 9.63. The van der Waals surface area contributed by atoms with Crippen LogP contribution in [0.4, 0.5) is 9.59 Å². The molecule has 0 aliphatic carbocycles. The van der Waals surface area contributed by atoms with Gasteiger partial charge in [-0.1, -0.05) is 72.8 Å². The zero-order valence-electron chi connectivity index (χ0n) is 22.5. The number of carbonyl (C=O) groups is 2. The van der Waals surface area contributed by atoms with Gasteiger partial charge in [-0.25, -0.2) is 9.59 Å². The number of nitrogens with zero attached hydrogens (tertiary/aromatic N) is 1. The summed E-state index contributed by atoms with van der Waals surface area (Å²) >= 11 is 0. The van der Waals surface area contributed by atoms with E-state index in [4.69, 9.17) is 15.2 Å². The Morgan fingerprint density at radius 3 is 2.15 bits per heavy atom. The fraction of sp³-hybridized carbons (Fsp3) is 0.333. The summed E-state index contributed by atoms with van der Waals surface area (Å²) in [5.74, 6) is -0.0163. The zero-order chi connectivity index (χ0) is 28.4. The quantitative estimate of drug-likeness (QED) is 0.281. The van der Waals surface area contributed by atoms with Crippen LogP contribution >= 0.6 is 0 Å². The lowest BCUT2D eigenvalue weighted by molar-refractivity contribution is -0.000691. The van der Waals surface area contributed by atoms with E-state index in [1.165, 1.54) is 17.0 Å². The van der Waals surface area contributed by atoms with Gasteiger partial charge in [0, 0.05) is 0 Å². The van der Waals surface area contributed by atoms with E-state index in [2.05, 4.69) is 5.32 Å². The summed E-state index contributed by atoms with van der Waals surface area (Å²) in [7, 11) is 0. The van der Waals surface area contributed by atoms with Gasteiger partial charge in [0.05, 0.1) is 18.7 Å². The van der Waals surface area contributed by atoms with Crippen LogP contribution < -0.4 is 11.1 Å². The molecular formula is C30H37N3O6. The minimum absolute atomic E-state index is 0.0163. The molecule has 0 saturated carbocycles. The molecule has 0 aliphatic heterocycles. The number of phenols is 1. The van der Waals surface area contributed by atoms with E-state index in [0.29, 0.717) is 5.56 Å². The first-order valence-corrected chi connectivity index (χ1v) is 12.7. The number of carbonyl (C=O) groups excluding carboxylic acids is 2. The van der Waals surface area contributed by atoms with Gasteiger partial charge in [-0.05, 0) is 56.0 Å². The monoisotopic (exact) mass is 535 g/mol. The Hall–Kier alpha value is -4.08. The van der Waals surface area contributed by atoms with E-state index in [9.17, 15) is 19.8 Å². The van der Waals surface area contributed by atoms with Crippen LogP contribution in [-0.4, -0.2) is 51.6 Å². The van der Waals surface area contributed by atoms with Gasteiger partial charge in [0.2, 0.25) is 0 Å². The highest BCUT2D eigenvalue weighted by Crippen LogP contribution is 2.23. The van der Waals surface area contributed by atoms with Crippen molar-refractivity contribution in [1.82, 2.24) is 10.2 Å². The van der Waals surface area contributed by atoms with Gasteiger partial charge in [-0.2, -0.15) is 0 Å². The Kier molecular flexibility index (Phi) is 10.3. The van der Waals surface area contributed by atoms with Crippen LogP contribution in [0.3, 0.4) is 0 Å².